The van der Waals surface area contributed by atoms with Gasteiger partial charge in [0.1, 0.15) is 0 Å². The van der Waals surface area contributed by atoms with Crippen molar-refractivity contribution in [1.29, 1.82) is 0 Å². The van der Waals surface area contributed by atoms with Crippen molar-refractivity contribution in [2.75, 3.05) is 38.2 Å². The lowest BCUT2D eigenvalue weighted by Crippen LogP contribution is -2.47. The van der Waals surface area contributed by atoms with Crippen molar-refractivity contribution in [2.45, 2.75) is 25.0 Å². The largest absolute Gasteiger partial charge is 0.383 e. The summed E-state index contributed by atoms with van der Waals surface area (Å²) in [6.45, 7) is 3.18. The maximum Gasteiger partial charge on any atom is 0.224 e. The summed E-state index contributed by atoms with van der Waals surface area (Å²) in [6, 6.07) is 5.40. The van der Waals surface area contributed by atoms with Crippen molar-refractivity contribution in [2.24, 2.45) is 0 Å². The topological polar surface area (TPSA) is 50.8 Å². The molecular weight excluding hydrogens is 339 g/mol. The van der Waals surface area contributed by atoms with Crippen LogP contribution in [0.25, 0.3) is 0 Å². The quantitative estimate of drug-likeness (QED) is 0.897. The molecule has 3 rings (SSSR count). The molecule has 0 aromatic heterocycles. The van der Waals surface area contributed by atoms with E-state index in [4.69, 9.17) is 32.7 Å². The number of nitrogens with one attached hydrogen (secondary N) is 1. The fraction of sp³-hybridized carbons (Fsp3) is 0.562. The fourth-order valence-corrected chi connectivity index (χ4v) is 3.35. The van der Waals surface area contributed by atoms with Gasteiger partial charge < -0.3 is 19.7 Å². The third kappa shape index (κ3) is 3.91. The van der Waals surface area contributed by atoms with Gasteiger partial charge in [-0.15, -0.1) is 0 Å². The van der Waals surface area contributed by atoms with Gasteiger partial charge in [0, 0.05) is 38.9 Å². The summed E-state index contributed by atoms with van der Waals surface area (Å²) in [5.74, 6) is -0.313. The molecule has 2 fully saturated rings. The number of hydrogen-bond acceptors (Lipinski definition) is 4. The molecule has 0 radical (unpaired) electrons. The first-order valence-electron chi connectivity index (χ1n) is 7.83. The Morgan fingerprint density at radius 1 is 1.22 bits per heavy atom. The predicted octanol–water partition coefficient (Wildman–Crippen LogP) is 3.16. The van der Waals surface area contributed by atoms with Crippen LogP contribution in [-0.2, 0) is 14.3 Å². The van der Waals surface area contributed by atoms with Gasteiger partial charge in [-0.05, 0) is 12.1 Å². The van der Waals surface area contributed by atoms with E-state index in [0.29, 0.717) is 49.3 Å². The lowest BCUT2D eigenvalue weighted by atomic mass is 10.0. The van der Waals surface area contributed by atoms with E-state index in [0.717, 1.165) is 18.5 Å². The molecule has 1 amide bonds. The van der Waals surface area contributed by atoms with Gasteiger partial charge in [0.25, 0.3) is 0 Å². The minimum atomic E-state index is -0.441. The Labute approximate surface area is 145 Å². The Balaban J connectivity index is 1.44. The molecule has 2 aliphatic rings. The average molecular weight is 359 g/mol. The molecule has 2 saturated heterocycles. The Hall–Kier alpha value is -1.01. The first-order valence-corrected chi connectivity index (χ1v) is 8.59. The van der Waals surface area contributed by atoms with E-state index in [-0.39, 0.29) is 5.91 Å². The number of amides is 1. The highest BCUT2D eigenvalue weighted by molar-refractivity contribution is 6.43. The number of benzene rings is 1. The molecule has 1 aromatic rings. The van der Waals surface area contributed by atoms with Gasteiger partial charge in [-0.3, -0.25) is 4.79 Å². The lowest BCUT2D eigenvalue weighted by molar-refractivity contribution is -0.187. The number of anilines is 1. The Kier molecular flexibility index (Phi) is 5.31. The molecule has 0 bridgehead atoms. The van der Waals surface area contributed by atoms with Crippen LogP contribution in [-0.4, -0.2) is 49.4 Å². The van der Waals surface area contributed by atoms with Crippen molar-refractivity contribution in [3.8, 4) is 0 Å². The second-order valence-corrected chi connectivity index (χ2v) is 6.55. The maximum atomic E-state index is 12.3. The van der Waals surface area contributed by atoms with Gasteiger partial charge in [-0.2, -0.15) is 0 Å². The van der Waals surface area contributed by atoms with Crippen LogP contribution in [0.15, 0.2) is 18.2 Å². The number of halogens is 2. The molecule has 2 heterocycles. The molecule has 0 aliphatic carbocycles. The van der Waals surface area contributed by atoms with Gasteiger partial charge in [0.05, 0.1) is 28.9 Å². The summed E-state index contributed by atoms with van der Waals surface area (Å²) in [5, 5.41) is 4.14. The molecule has 126 valence electrons. The van der Waals surface area contributed by atoms with Crippen molar-refractivity contribution in [3.63, 3.8) is 0 Å². The van der Waals surface area contributed by atoms with Crippen LogP contribution >= 0.6 is 23.2 Å². The fourth-order valence-electron chi connectivity index (χ4n) is 2.99. The van der Waals surface area contributed by atoms with Crippen molar-refractivity contribution < 1.29 is 14.3 Å². The number of piperidine rings is 1. The minimum Gasteiger partial charge on any atom is -0.383 e. The van der Waals surface area contributed by atoms with E-state index in [2.05, 4.69) is 5.32 Å². The van der Waals surface area contributed by atoms with Gasteiger partial charge in [0.2, 0.25) is 5.91 Å². The molecule has 0 saturated carbocycles. The third-order valence-corrected chi connectivity index (χ3v) is 5.12. The van der Waals surface area contributed by atoms with Crippen molar-refractivity contribution in [1.82, 2.24) is 4.90 Å². The van der Waals surface area contributed by atoms with Crippen LogP contribution in [0.2, 0.25) is 10.0 Å². The lowest BCUT2D eigenvalue weighted by Gasteiger charge is -2.37. The normalized spacial score (nSPS) is 20.0. The molecule has 0 atom stereocenters. The standard InChI is InChI=1S/C16H20Cl2N2O3/c17-12-2-1-3-13(15(12)18)19-7-4-14(21)20-8-5-16(6-9-20)22-10-11-23-16/h1-3,19H,4-11H2. The summed E-state index contributed by atoms with van der Waals surface area (Å²) < 4.78 is 11.3. The molecule has 2 aliphatic heterocycles. The van der Waals surface area contributed by atoms with E-state index >= 15 is 0 Å². The SMILES string of the molecule is O=C(CCNc1cccc(Cl)c1Cl)N1CCC2(CC1)OCCO2. The van der Waals surface area contributed by atoms with Crippen LogP contribution in [0.5, 0.6) is 0 Å². The Morgan fingerprint density at radius 3 is 2.61 bits per heavy atom. The van der Waals surface area contributed by atoms with Gasteiger partial charge in [-0.25, -0.2) is 0 Å². The highest BCUT2D eigenvalue weighted by Gasteiger charge is 2.40. The second-order valence-electron chi connectivity index (χ2n) is 5.77. The third-order valence-electron chi connectivity index (χ3n) is 4.30. The van der Waals surface area contributed by atoms with Crippen LogP contribution in [0.4, 0.5) is 5.69 Å². The Bertz CT molecular complexity index is 566. The second kappa shape index (κ2) is 7.26. The number of ether oxygens (including phenoxy) is 2. The maximum absolute atomic E-state index is 12.3. The zero-order valence-corrected chi connectivity index (χ0v) is 14.3. The summed E-state index contributed by atoms with van der Waals surface area (Å²) >= 11 is 12.1. The van der Waals surface area contributed by atoms with Gasteiger partial charge >= 0.3 is 0 Å². The van der Waals surface area contributed by atoms with Gasteiger partial charge in [-0.1, -0.05) is 29.3 Å². The smallest absolute Gasteiger partial charge is 0.224 e. The van der Waals surface area contributed by atoms with E-state index < -0.39 is 5.79 Å². The van der Waals surface area contributed by atoms with E-state index in [9.17, 15) is 4.79 Å². The number of nitrogens with zero attached hydrogens (tertiary/aromatic N) is 1. The molecule has 5 nitrogen and oxygen atoms in total. The monoisotopic (exact) mass is 358 g/mol. The number of likely N-dealkylation sites (tertiary alicyclic amines) is 1. The zero-order chi connectivity index (χ0) is 16.3. The average Bonchev–Trinajstić information content (AvgIpc) is 3.00. The predicted molar refractivity (Wildman–Crippen MR) is 90.0 cm³/mol. The summed E-state index contributed by atoms with van der Waals surface area (Å²) in [7, 11) is 0. The van der Waals surface area contributed by atoms with E-state index in [1.54, 1.807) is 6.07 Å². The Morgan fingerprint density at radius 2 is 1.91 bits per heavy atom. The molecule has 23 heavy (non-hydrogen) atoms. The highest BCUT2D eigenvalue weighted by Crippen LogP contribution is 2.32. The van der Waals surface area contributed by atoms with E-state index in [1.165, 1.54) is 0 Å². The molecule has 7 heteroatoms. The first kappa shape index (κ1) is 16.8. The molecular formula is C16H20Cl2N2O3. The summed E-state index contributed by atoms with van der Waals surface area (Å²) in [6.07, 6.45) is 1.90. The van der Waals surface area contributed by atoms with Crippen LogP contribution in [0, 0.1) is 0 Å². The summed E-state index contributed by atoms with van der Waals surface area (Å²) in [5.41, 5.74) is 0.748. The number of carbonyl (C=O) groups excluding carboxylic acids is 1. The van der Waals surface area contributed by atoms with Gasteiger partial charge in [0.15, 0.2) is 5.79 Å². The van der Waals surface area contributed by atoms with Crippen LogP contribution in [0.3, 0.4) is 0 Å². The molecule has 1 aromatic carbocycles. The minimum absolute atomic E-state index is 0.128. The number of carbonyl (C=O) groups is 1. The number of rotatable bonds is 4. The molecule has 1 spiro atoms. The molecule has 0 unspecified atom stereocenters. The zero-order valence-electron chi connectivity index (χ0n) is 12.8. The molecule has 1 N–H and O–H groups in total. The van der Waals surface area contributed by atoms with Crippen molar-refractivity contribution in [3.05, 3.63) is 28.2 Å². The number of hydrogen-bond donors (Lipinski definition) is 1. The van der Waals surface area contributed by atoms with Crippen LogP contribution in [0.1, 0.15) is 19.3 Å². The van der Waals surface area contributed by atoms with Crippen molar-refractivity contribution >= 4 is 34.8 Å². The summed E-state index contributed by atoms with van der Waals surface area (Å²) in [4.78, 5) is 14.2. The highest BCUT2D eigenvalue weighted by atomic mass is 35.5. The van der Waals surface area contributed by atoms with Crippen LogP contribution < -0.4 is 5.32 Å². The first-order chi connectivity index (χ1) is 11.1. The van der Waals surface area contributed by atoms with E-state index in [1.807, 2.05) is 17.0 Å².